The fourth-order valence-electron chi connectivity index (χ4n) is 3.32. The van der Waals surface area contributed by atoms with E-state index in [1.165, 1.54) is 5.56 Å². The van der Waals surface area contributed by atoms with Crippen molar-refractivity contribution in [1.29, 1.82) is 0 Å². The molecule has 2 heterocycles. The van der Waals surface area contributed by atoms with Gasteiger partial charge in [0.1, 0.15) is 0 Å². The number of hydrogen-bond donors (Lipinski definition) is 1. The van der Waals surface area contributed by atoms with Crippen molar-refractivity contribution >= 4 is 9.84 Å². The van der Waals surface area contributed by atoms with Crippen LogP contribution in [0.3, 0.4) is 0 Å². The number of benzene rings is 1. The molecule has 2 saturated heterocycles. The van der Waals surface area contributed by atoms with Gasteiger partial charge >= 0.3 is 0 Å². The maximum Gasteiger partial charge on any atom is 0.150 e. The normalized spacial score (nSPS) is 30.4. The molecule has 0 spiro atoms. The summed E-state index contributed by atoms with van der Waals surface area (Å²) in [5.41, 5.74) is 1.32. The van der Waals surface area contributed by atoms with Crippen LogP contribution in [0.25, 0.3) is 0 Å². The molecular formula is C15H22N2O2S. The molecule has 3 rings (SSSR count). The summed E-state index contributed by atoms with van der Waals surface area (Å²) in [5, 5.41) is 3.44. The zero-order chi connectivity index (χ0) is 14.0. The maximum atomic E-state index is 11.6. The van der Waals surface area contributed by atoms with Crippen LogP contribution in [0, 0.1) is 5.92 Å². The highest BCUT2D eigenvalue weighted by atomic mass is 32.2. The van der Waals surface area contributed by atoms with E-state index < -0.39 is 9.84 Å². The number of sulfone groups is 1. The van der Waals surface area contributed by atoms with Crippen molar-refractivity contribution in [3.05, 3.63) is 35.9 Å². The first-order chi connectivity index (χ1) is 9.64. The van der Waals surface area contributed by atoms with Gasteiger partial charge in [-0.1, -0.05) is 30.3 Å². The quantitative estimate of drug-likeness (QED) is 0.906. The Balaban J connectivity index is 1.70. The van der Waals surface area contributed by atoms with Gasteiger partial charge in [0.2, 0.25) is 0 Å². The van der Waals surface area contributed by atoms with Crippen LogP contribution in [0.5, 0.6) is 0 Å². The third-order valence-corrected chi connectivity index (χ3v) is 6.20. The Morgan fingerprint density at radius 3 is 2.75 bits per heavy atom. The van der Waals surface area contributed by atoms with Crippen LogP contribution in [0.1, 0.15) is 18.0 Å². The highest BCUT2D eigenvalue weighted by Gasteiger charge is 2.32. The summed E-state index contributed by atoms with van der Waals surface area (Å²) in [4.78, 5) is 2.46. The second kappa shape index (κ2) is 5.84. The summed E-state index contributed by atoms with van der Waals surface area (Å²) >= 11 is 0. The summed E-state index contributed by atoms with van der Waals surface area (Å²) in [6.07, 6.45) is 0.827. The number of rotatable bonds is 3. The lowest BCUT2D eigenvalue weighted by Crippen LogP contribution is -2.47. The fourth-order valence-corrected chi connectivity index (χ4v) is 5.17. The van der Waals surface area contributed by atoms with E-state index in [-0.39, 0.29) is 0 Å². The minimum absolute atomic E-state index is 0.310. The summed E-state index contributed by atoms with van der Waals surface area (Å²) in [7, 11) is -2.77. The fraction of sp³-hybridized carbons (Fsp3) is 0.600. The molecule has 2 fully saturated rings. The van der Waals surface area contributed by atoms with Crippen molar-refractivity contribution < 1.29 is 8.42 Å². The highest BCUT2D eigenvalue weighted by Crippen LogP contribution is 2.26. The van der Waals surface area contributed by atoms with Crippen LogP contribution in [0.2, 0.25) is 0 Å². The summed E-state index contributed by atoms with van der Waals surface area (Å²) in [6, 6.07) is 10.9. The van der Waals surface area contributed by atoms with Gasteiger partial charge in [-0.25, -0.2) is 8.42 Å². The lowest BCUT2D eigenvalue weighted by Gasteiger charge is -2.37. The van der Waals surface area contributed by atoms with E-state index in [0.29, 0.717) is 23.5 Å². The molecule has 1 N–H and O–H groups in total. The van der Waals surface area contributed by atoms with Gasteiger partial charge in [-0.2, -0.15) is 0 Å². The predicted octanol–water partition coefficient (Wildman–Crippen LogP) is 1.07. The smallest absolute Gasteiger partial charge is 0.150 e. The Morgan fingerprint density at radius 2 is 2.05 bits per heavy atom. The second-order valence-electron chi connectivity index (χ2n) is 5.89. The van der Waals surface area contributed by atoms with E-state index in [2.05, 4.69) is 34.5 Å². The molecule has 0 bridgehead atoms. The molecule has 2 aliphatic rings. The molecule has 0 radical (unpaired) electrons. The van der Waals surface area contributed by atoms with Gasteiger partial charge in [0.05, 0.1) is 11.5 Å². The third-order valence-electron chi connectivity index (χ3n) is 4.36. The van der Waals surface area contributed by atoms with Crippen molar-refractivity contribution in [2.45, 2.75) is 12.5 Å². The van der Waals surface area contributed by atoms with E-state index in [4.69, 9.17) is 0 Å². The van der Waals surface area contributed by atoms with Crippen molar-refractivity contribution in [3.8, 4) is 0 Å². The van der Waals surface area contributed by atoms with Crippen molar-refractivity contribution in [2.75, 3.05) is 37.7 Å². The summed E-state index contributed by atoms with van der Waals surface area (Å²) < 4.78 is 23.2. The van der Waals surface area contributed by atoms with Gasteiger partial charge < -0.3 is 5.32 Å². The second-order valence-corrected chi connectivity index (χ2v) is 8.12. The monoisotopic (exact) mass is 294 g/mol. The predicted molar refractivity (Wildman–Crippen MR) is 80.4 cm³/mol. The largest absolute Gasteiger partial charge is 0.314 e. The molecule has 0 aromatic heterocycles. The van der Waals surface area contributed by atoms with E-state index in [0.717, 1.165) is 32.6 Å². The van der Waals surface area contributed by atoms with Gasteiger partial charge in [0, 0.05) is 32.2 Å². The van der Waals surface area contributed by atoms with Crippen LogP contribution in [-0.2, 0) is 9.84 Å². The van der Waals surface area contributed by atoms with Gasteiger partial charge in [-0.3, -0.25) is 4.90 Å². The molecule has 0 aliphatic carbocycles. The Labute approximate surface area is 121 Å². The highest BCUT2D eigenvalue weighted by molar-refractivity contribution is 7.91. The standard InChI is InChI=1S/C15H22N2O2S/c18-20(19)9-6-13(12-20)11-17-8-7-16-10-15(17)14-4-2-1-3-5-14/h1-5,13,15-16H,6-12H2. The Bertz CT molecular complexity index is 544. The lowest BCUT2D eigenvalue weighted by molar-refractivity contribution is 0.142. The van der Waals surface area contributed by atoms with Gasteiger partial charge in [-0.05, 0) is 17.9 Å². The molecule has 5 heteroatoms. The maximum absolute atomic E-state index is 11.6. The first-order valence-electron chi connectivity index (χ1n) is 7.34. The lowest BCUT2D eigenvalue weighted by atomic mass is 10.0. The zero-order valence-corrected chi connectivity index (χ0v) is 12.5. The Morgan fingerprint density at radius 1 is 1.25 bits per heavy atom. The molecule has 1 aromatic carbocycles. The first kappa shape index (κ1) is 14.0. The minimum Gasteiger partial charge on any atom is -0.314 e. The van der Waals surface area contributed by atoms with E-state index in [1.54, 1.807) is 0 Å². The summed E-state index contributed by atoms with van der Waals surface area (Å²) in [6.45, 7) is 3.84. The first-order valence-corrected chi connectivity index (χ1v) is 9.16. The van der Waals surface area contributed by atoms with Crippen LogP contribution < -0.4 is 5.32 Å². The van der Waals surface area contributed by atoms with E-state index >= 15 is 0 Å². The number of hydrogen-bond acceptors (Lipinski definition) is 4. The molecule has 20 heavy (non-hydrogen) atoms. The molecule has 2 atom stereocenters. The Kier molecular flexibility index (Phi) is 4.10. The van der Waals surface area contributed by atoms with Crippen molar-refractivity contribution in [3.63, 3.8) is 0 Å². The van der Waals surface area contributed by atoms with Crippen molar-refractivity contribution in [1.82, 2.24) is 10.2 Å². The molecule has 2 unspecified atom stereocenters. The van der Waals surface area contributed by atoms with Crippen molar-refractivity contribution in [2.24, 2.45) is 5.92 Å². The molecule has 110 valence electrons. The summed E-state index contributed by atoms with van der Waals surface area (Å²) in [5.74, 6) is 1.06. The molecule has 0 saturated carbocycles. The zero-order valence-electron chi connectivity index (χ0n) is 11.7. The SMILES string of the molecule is O=S1(=O)CCC(CN2CCNCC2c2ccccc2)C1. The van der Waals surface area contributed by atoms with Crippen LogP contribution in [-0.4, -0.2) is 51.0 Å². The topological polar surface area (TPSA) is 49.4 Å². The van der Waals surface area contributed by atoms with Gasteiger partial charge in [0.15, 0.2) is 9.84 Å². The third kappa shape index (κ3) is 3.22. The minimum atomic E-state index is -2.77. The van der Waals surface area contributed by atoms with Gasteiger partial charge in [-0.15, -0.1) is 0 Å². The molecule has 4 nitrogen and oxygen atoms in total. The Hall–Kier alpha value is -0.910. The van der Waals surface area contributed by atoms with E-state index in [1.807, 2.05) is 6.07 Å². The average molecular weight is 294 g/mol. The van der Waals surface area contributed by atoms with Crippen LogP contribution >= 0.6 is 0 Å². The molecule has 1 aromatic rings. The molecular weight excluding hydrogens is 272 g/mol. The number of nitrogens with zero attached hydrogens (tertiary/aromatic N) is 1. The number of nitrogens with one attached hydrogen (secondary N) is 1. The van der Waals surface area contributed by atoms with E-state index in [9.17, 15) is 8.42 Å². The van der Waals surface area contributed by atoms with Crippen LogP contribution in [0.15, 0.2) is 30.3 Å². The molecule has 2 aliphatic heterocycles. The number of piperazine rings is 1. The van der Waals surface area contributed by atoms with Crippen LogP contribution in [0.4, 0.5) is 0 Å². The van der Waals surface area contributed by atoms with Gasteiger partial charge in [0.25, 0.3) is 0 Å². The molecule has 0 amide bonds. The average Bonchev–Trinajstić information content (AvgIpc) is 2.79.